The normalized spacial score (nSPS) is 36.9. The van der Waals surface area contributed by atoms with Crippen LogP contribution >= 0.6 is 0 Å². The van der Waals surface area contributed by atoms with E-state index in [2.05, 4.69) is 0 Å². The second-order valence-corrected chi connectivity index (χ2v) is 10.5. The first kappa shape index (κ1) is 23.1. The molecule has 2 bridgehead atoms. The summed E-state index contributed by atoms with van der Waals surface area (Å²) in [4.78, 5) is 40.6. The number of morpholine rings is 1. The number of carbonyl (C=O) groups excluding carboxylic acids is 3. The lowest BCUT2D eigenvalue weighted by Gasteiger charge is -2.33. The molecule has 7 unspecified atom stereocenters. The maximum atomic E-state index is 13.3. The fourth-order valence-electron chi connectivity index (χ4n) is 6.33. The molecule has 0 aromatic rings. The number of hydrogen-bond donors (Lipinski definition) is 0. The summed E-state index contributed by atoms with van der Waals surface area (Å²) in [7, 11) is 0. The minimum Gasteiger partial charge on any atom is -0.458 e. The number of fused-ring (bicyclic) bond motifs is 1. The van der Waals surface area contributed by atoms with E-state index in [1.807, 2.05) is 18.7 Å². The number of rotatable bonds is 8. The number of ether oxygens (including phenoxy) is 5. The molecule has 0 radical (unpaired) electrons. The summed E-state index contributed by atoms with van der Waals surface area (Å²) in [6.45, 7) is 6.64. The Morgan fingerprint density at radius 2 is 1.85 bits per heavy atom. The Balaban J connectivity index is 1.25. The van der Waals surface area contributed by atoms with Gasteiger partial charge in [0.15, 0.2) is 0 Å². The average Bonchev–Trinajstić information content (AvgIpc) is 3.53. The summed E-state index contributed by atoms with van der Waals surface area (Å²) in [6, 6.07) is 0. The maximum Gasteiger partial charge on any atom is 0.320 e. The number of nitrogens with zero attached hydrogens (tertiary/aromatic N) is 1. The SMILES string of the molecule is CC(C)C(OC(=O)C1C2CC3C(OC(=O)C31)C2OC(=O)CN1CCOCC1)OC1CCCC1. The van der Waals surface area contributed by atoms with E-state index in [0.29, 0.717) is 32.7 Å². The monoisotopic (exact) mass is 465 g/mol. The molecule has 7 atom stereocenters. The third-order valence-corrected chi connectivity index (χ3v) is 7.95. The Hall–Kier alpha value is -1.71. The van der Waals surface area contributed by atoms with Gasteiger partial charge in [0.05, 0.1) is 37.7 Å². The third kappa shape index (κ3) is 4.51. The summed E-state index contributed by atoms with van der Waals surface area (Å²) in [5, 5.41) is 0. The van der Waals surface area contributed by atoms with Crippen LogP contribution < -0.4 is 0 Å². The molecule has 2 saturated heterocycles. The van der Waals surface area contributed by atoms with Crippen LogP contribution in [0.4, 0.5) is 0 Å². The lowest BCUT2D eigenvalue weighted by molar-refractivity contribution is -0.209. The molecule has 5 rings (SSSR count). The van der Waals surface area contributed by atoms with Crippen LogP contribution in [0.2, 0.25) is 0 Å². The summed E-state index contributed by atoms with van der Waals surface area (Å²) in [5.41, 5.74) is 0. The van der Waals surface area contributed by atoms with Crippen LogP contribution in [0.5, 0.6) is 0 Å². The van der Waals surface area contributed by atoms with E-state index in [1.165, 1.54) is 0 Å². The molecular formula is C24H35NO8. The summed E-state index contributed by atoms with van der Waals surface area (Å²) >= 11 is 0. The first-order valence-corrected chi connectivity index (χ1v) is 12.5. The largest absolute Gasteiger partial charge is 0.458 e. The Morgan fingerprint density at radius 1 is 1.12 bits per heavy atom. The van der Waals surface area contributed by atoms with Gasteiger partial charge in [-0.3, -0.25) is 19.3 Å². The van der Waals surface area contributed by atoms with Crippen LogP contribution in [0.1, 0.15) is 46.0 Å². The Kier molecular flexibility index (Phi) is 6.64. The van der Waals surface area contributed by atoms with Gasteiger partial charge < -0.3 is 23.7 Å². The highest BCUT2D eigenvalue weighted by Gasteiger charge is 2.70. The van der Waals surface area contributed by atoms with Gasteiger partial charge >= 0.3 is 17.9 Å². The van der Waals surface area contributed by atoms with Gasteiger partial charge in [-0.1, -0.05) is 26.7 Å². The predicted octanol–water partition coefficient (Wildman–Crippen LogP) is 1.52. The third-order valence-electron chi connectivity index (χ3n) is 7.95. The molecule has 0 aromatic carbocycles. The van der Waals surface area contributed by atoms with Crippen molar-refractivity contribution >= 4 is 17.9 Å². The average molecular weight is 466 g/mol. The molecule has 0 aromatic heterocycles. The van der Waals surface area contributed by atoms with Gasteiger partial charge in [0.2, 0.25) is 6.29 Å². The van der Waals surface area contributed by atoms with E-state index in [-0.39, 0.29) is 42.3 Å². The smallest absolute Gasteiger partial charge is 0.320 e. The van der Waals surface area contributed by atoms with Crippen molar-refractivity contribution in [2.24, 2.45) is 29.6 Å². The van der Waals surface area contributed by atoms with E-state index in [4.69, 9.17) is 23.7 Å². The molecule has 0 amide bonds. The first-order valence-electron chi connectivity index (χ1n) is 12.5. The van der Waals surface area contributed by atoms with Crippen molar-refractivity contribution in [3.63, 3.8) is 0 Å². The fraction of sp³-hybridized carbons (Fsp3) is 0.875. The minimum absolute atomic E-state index is 0.00133. The zero-order chi connectivity index (χ0) is 23.1. The van der Waals surface area contributed by atoms with Crippen molar-refractivity contribution in [3.05, 3.63) is 0 Å². The predicted molar refractivity (Wildman–Crippen MR) is 114 cm³/mol. The molecule has 33 heavy (non-hydrogen) atoms. The Bertz CT molecular complexity index is 760. The molecule has 9 nitrogen and oxygen atoms in total. The van der Waals surface area contributed by atoms with Crippen LogP contribution in [0.25, 0.3) is 0 Å². The van der Waals surface area contributed by atoms with E-state index >= 15 is 0 Å². The molecule has 3 aliphatic carbocycles. The minimum atomic E-state index is -0.657. The molecule has 3 saturated carbocycles. The van der Waals surface area contributed by atoms with E-state index in [9.17, 15) is 14.4 Å². The van der Waals surface area contributed by atoms with Crippen molar-refractivity contribution in [1.29, 1.82) is 0 Å². The second kappa shape index (κ2) is 9.50. The van der Waals surface area contributed by atoms with Crippen LogP contribution in [0, 0.1) is 29.6 Å². The lowest BCUT2D eigenvalue weighted by atomic mass is 9.78. The molecule has 0 spiro atoms. The van der Waals surface area contributed by atoms with Crippen molar-refractivity contribution in [1.82, 2.24) is 4.90 Å². The molecule has 184 valence electrons. The van der Waals surface area contributed by atoms with Crippen LogP contribution in [0.3, 0.4) is 0 Å². The highest BCUT2D eigenvalue weighted by Crippen LogP contribution is 2.59. The number of hydrogen-bond acceptors (Lipinski definition) is 9. The number of esters is 3. The van der Waals surface area contributed by atoms with E-state index < -0.39 is 36.3 Å². The molecular weight excluding hydrogens is 430 g/mol. The second-order valence-electron chi connectivity index (χ2n) is 10.5. The van der Waals surface area contributed by atoms with Crippen LogP contribution in [-0.2, 0) is 38.1 Å². The first-order chi connectivity index (χ1) is 15.9. The highest BCUT2D eigenvalue weighted by atomic mass is 16.7. The molecule has 5 aliphatic rings. The van der Waals surface area contributed by atoms with Crippen LogP contribution in [0.15, 0.2) is 0 Å². The lowest BCUT2D eigenvalue weighted by Crippen LogP contribution is -2.47. The fourth-order valence-corrected chi connectivity index (χ4v) is 6.33. The van der Waals surface area contributed by atoms with Crippen LogP contribution in [-0.4, -0.2) is 80.3 Å². The summed E-state index contributed by atoms with van der Waals surface area (Å²) in [5.74, 6) is -2.71. The van der Waals surface area contributed by atoms with Crippen molar-refractivity contribution < 1.29 is 38.1 Å². The van der Waals surface area contributed by atoms with Gasteiger partial charge in [0.1, 0.15) is 12.2 Å². The molecule has 2 heterocycles. The van der Waals surface area contributed by atoms with E-state index in [1.54, 1.807) is 0 Å². The summed E-state index contributed by atoms with van der Waals surface area (Å²) in [6.07, 6.45) is 3.25. The maximum absolute atomic E-state index is 13.3. The zero-order valence-corrected chi connectivity index (χ0v) is 19.5. The number of carbonyl (C=O) groups is 3. The topological polar surface area (TPSA) is 101 Å². The van der Waals surface area contributed by atoms with Crippen molar-refractivity contribution in [2.75, 3.05) is 32.8 Å². The van der Waals surface area contributed by atoms with Gasteiger partial charge in [0, 0.05) is 30.8 Å². The summed E-state index contributed by atoms with van der Waals surface area (Å²) < 4.78 is 28.7. The highest BCUT2D eigenvalue weighted by molar-refractivity contribution is 5.86. The van der Waals surface area contributed by atoms with Gasteiger partial charge in [-0.15, -0.1) is 0 Å². The van der Waals surface area contributed by atoms with Gasteiger partial charge in [-0.2, -0.15) is 0 Å². The van der Waals surface area contributed by atoms with Crippen molar-refractivity contribution in [2.45, 2.75) is 70.6 Å². The molecule has 0 N–H and O–H groups in total. The molecule has 9 heteroatoms. The molecule has 5 fully saturated rings. The Labute approximate surface area is 194 Å². The molecule has 2 aliphatic heterocycles. The Morgan fingerprint density at radius 3 is 2.55 bits per heavy atom. The zero-order valence-electron chi connectivity index (χ0n) is 19.5. The van der Waals surface area contributed by atoms with Crippen molar-refractivity contribution in [3.8, 4) is 0 Å². The van der Waals surface area contributed by atoms with E-state index in [0.717, 1.165) is 25.7 Å². The van der Waals surface area contributed by atoms with Gasteiger partial charge in [-0.05, 0) is 19.3 Å². The quantitative estimate of drug-likeness (QED) is 0.300. The standard InChI is InChI=1S/C24H35NO8/c1-13(2)24(30-14-5-3-4-6-14)33-23(28)19-15-11-16-18(19)22(27)32-21(16)20(15)31-17(26)12-25-7-9-29-10-8-25/h13-16,18-21,24H,3-12H2,1-2H3. The van der Waals surface area contributed by atoms with Gasteiger partial charge in [0.25, 0.3) is 0 Å². The van der Waals surface area contributed by atoms with Gasteiger partial charge in [-0.25, -0.2) is 0 Å².